The quantitative estimate of drug-likeness (QED) is 0.485. The van der Waals surface area contributed by atoms with E-state index >= 15 is 0 Å². The molecule has 0 unspecified atom stereocenters. The molecule has 59 valence electrons. The molecule has 0 aliphatic heterocycles. The van der Waals surface area contributed by atoms with Crippen LogP contribution >= 0.6 is 0 Å². The summed E-state index contributed by atoms with van der Waals surface area (Å²) in [7, 11) is 0. The first kappa shape index (κ1) is 568. The molecule has 10 N–H and O–H groups in total. The summed E-state index contributed by atoms with van der Waals surface area (Å²) >= 11 is 0. The van der Waals surface area contributed by atoms with Crippen LogP contribution in [0.5, 0.6) is 0 Å². The van der Waals surface area contributed by atoms with Gasteiger partial charge in [-0.05, 0) is 0 Å². The predicted octanol–water partition coefficient (Wildman–Crippen LogP) is 3.68. The second kappa shape index (κ2) is 5510. The van der Waals surface area contributed by atoms with Gasteiger partial charge in [-0.3, -0.25) is 0 Å². The molecule has 0 aromatic heterocycles. The molecule has 0 fully saturated rings. The van der Waals surface area contributed by atoms with E-state index in [-0.39, 0.29) is 47.5 Å². The minimum Gasteiger partial charge on any atom is -0.693 e. The first-order chi connectivity index (χ1) is 1.00. The first-order valence-electron chi connectivity index (χ1n) is 0.224. The molecule has 1 radical (unpaired) electrons. The summed E-state index contributed by atoms with van der Waals surface area (Å²) in [4.78, 5) is 0. The molecule has 0 heterocycles. The van der Waals surface area contributed by atoms with Crippen molar-refractivity contribution in [1.29, 1.82) is 5.26 Å². The van der Waals surface area contributed by atoms with Gasteiger partial charge in [0.25, 0.3) is 0 Å². The van der Waals surface area contributed by atoms with Crippen molar-refractivity contribution in [3.8, 4) is 0 Å². The van der Waals surface area contributed by atoms with Gasteiger partial charge in [0, 0.05) is 16.8 Å². The fraction of sp³-hybridized carbons (Fsp3) is 0. The van der Waals surface area contributed by atoms with Crippen LogP contribution in [-0.4, -0.2) is 0 Å². The minimum absolute atomic E-state index is 0. The summed E-state index contributed by atoms with van der Waals surface area (Å²) in [6.45, 7) is 4.75. The predicted molar refractivity (Wildman–Crippen MR) is 31.4 cm³/mol. The topological polar surface area (TPSA) is 191 Å². The van der Waals surface area contributed by atoms with Crippen LogP contribution in [0.4, 0.5) is 0 Å². The van der Waals surface area contributed by atoms with Crippen LogP contribution in [0.3, 0.4) is 0 Å². The largest absolute Gasteiger partial charge is 0.693 e. The molecule has 8 heavy (non-hydrogen) atoms. The van der Waals surface area contributed by atoms with E-state index in [4.69, 9.17) is 11.8 Å². The van der Waals surface area contributed by atoms with E-state index in [2.05, 4.69) is 0 Å². The second-order valence-corrected chi connectivity index (χ2v) is 0. The molecule has 0 saturated carbocycles. The van der Waals surface area contributed by atoms with Crippen molar-refractivity contribution >= 4 is 0 Å². The zero-order chi connectivity index (χ0) is 2.00. The Morgan fingerprint density at radius 1 is 0.625 bits per heavy atom. The van der Waals surface area contributed by atoms with Crippen LogP contribution in [0, 0.1) is 11.8 Å². The van der Waals surface area contributed by atoms with E-state index in [1.165, 1.54) is 0 Å². The number of hydrogen-bond acceptors (Lipinski definition) is 1. The molecule has 0 aromatic carbocycles. The van der Waals surface area contributed by atoms with E-state index in [1.807, 2.05) is 0 Å². The minimum atomic E-state index is 0. The Kier molecular flexibility index (Phi) is 391000. The molecule has 0 saturated heterocycles. The SMILES string of the molecule is [C-]#N.[Co].[NH2-].[NH2-].[NH2-].[NH2-].[NH2-]. The van der Waals surface area contributed by atoms with Crippen molar-refractivity contribution in [2.24, 2.45) is 0 Å². The summed E-state index contributed by atoms with van der Waals surface area (Å²) in [6.07, 6.45) is 0. The molecule has 0 bridgehead atoms. The van der Waals surface area contributed by atoms with E-state index in [0.717, 1.165) is 0 Å². The monoisotopic (exact) mass is 165 g/mol. The molecular formula is CH10CoN6-6. The second-order valence-electron chi connectivity index (χ2n) is 0. The van der Waals surface area contributed by atoms with Gasteiger partial charge < -0.3 is 42.6 Å². The van der Waals surface area contributed by atoms with Crippen molar-refractivity contribution in [1.82, 2.24) is 0 Å². The van der Waals surface area contributed by atoms with Crippen LogP contribution in [-0.2, 0) is 16.8 Å². The molecule has 0 amide bonds. The third kappa shape index (κ3) is 3220. The van der Waals surface area contributed by atoms with Gasteiger partial charge in [0.15, 0.2) is 0 Å². The van der Waals surface area contributed by atoms with Crippen LogP contribution < -0.4 is 0 Å². The average Bonchev–Trinajstić information content (AvgIpc) is 1.00. The van der Waals surface area contributed by atoms with Gasteiger partial charge in [0.1, 0.15) is 0 Å². The average molecular weight is 165 g/mol. The van der Waals surface area contributed by atoms with Gasteiger partial charge in [-0.15, -0.1) is 0 Å². The molecular weight excluding hydrogens is 155 g/mol. The van der Waals surface area contributed by atoms with Gasteiger partial charge in [-0.2, -0.15) is 0 Å². The molecule has 6 nitrogen and oxygen atoms in total. The van der Waals surface area contributed by atoms with Gasteiger partial charge in [0.05, 0.1) is 0 Å². The van der Waals surface area contributed by atoms with Crippen molar-refractivity contribution in [2.45, 2.75) is 0 Å². The zero-order valence-electron chi connectivity index (χ0n) is 4.17. The van der Waals surface area contributed by atoms with E-state index in [9.17, 15) is 0 Å². The first-order valence-corrected chi connectivity index (χ1v) is 0.224. The summed E-state index contributed by atoms with van der Waals surface area (Å²) in [5, 5.41) is 6.25. The van der Waals surface area contributed by atoms with Crippen molar-refractivity contribution in [3.05, 3.63) is 37.3 Å². The van der Waals surface area contributed by atoms with E-state index in [0.29, 0.717) is 0 Å². The molecule has 0 spiro atoms. The Balaban J connectivity index is -0.000000000333. The number of nitrogens with zero attached hydrogens (tertiary/aromatic N) is 1. The summed E-state index contributed by atoms with van der Waals surface area (Å²) in [5.74, 6) is 0. The van der Waals surface area contributed by atoms with Crippen molar-refractivity contribution < 1.29 is 16.8 Å². The molecule has 0 aromatic rings. The number of hydrogen-bond donors (Lipinski definition) is 0. The Hall–Kier alpha value is -0.204. The van der Waals surface area contributed by atoms with Crippen LogP contribution in [0.2, 0.25) is 0 Å². The Morgan fingerprint density at radius 2 is 0.625 bits per heavy atom. The summed E-state index contributed by atoms with van der Waals surface area (Å²) < 4.78 is 0. The Bertz CT molecular complexity index is 13.2. The number of nitrogens with two attached hydrogens (primary N) is 5. The van der Waals surface area contributed by atoms with Gasteiger partial charge in [-0.1, -0.05) is 0 Å². The molecule has 7 heteroatoms. The van der Waals surface area contributed by atoms with Crippen LogP contribution in [0.15, 0.2) is 0 Å². The number of rotatable bonds is 0. The third-order valence-electron chi connectivity index (χ3n) is 0. The standard InChI is InChI=1S/CN.Co.5H2N/c1-2;;;;;;/h;;5*1H2/q-1;;5*-1. The maximum Gasteiger partial charge on any atom is 0 e. The smallest absolute Gasteiger partial charge is 0 e. The van der Waals surface area contributed by atoms with Crippen LogP contribution in [0.25, 0.3) is 30.8 Å². The summed E-state index contributed by atoms with van der Waals surface area (Å²) in [6, 6.07) is 0. The van der Waals surface area contributed by atoms with E-state index in [1.54, 1.807) is 0 Å². The summed E-state index contributed by atoms with van der Waals surface area (Å²) in [5.41, 5.74) is 0. The third-order valence-corrected chi connectivity index (χ3v) is 0. The molecule has 0 rings (SSSR count). The fourth-order valence-corrected chi connectivity index (χ4v) is 0. The maximum absolute atomic E-state index is 6.25. The maximum atomic E-state index is 6.25. The van der Waals surface area contributed by atoms with Crippen molar-refractivity contribution in [2.75, 3.05) is 0 Å². The zero-order valence-corrected chi connectivity index (χ0v) is 5.21. The van der Waals surface area contributed by atoms with E-state index < -0.39 is 0 Å². The molecule has 0 aliphatic rings. The Labute approximate surface area is 60.1 Å². The van der Waals surface area contributed by atoms with Gasteiger partial charge in [0.2, 0.25) is 0 Å². The van der Waals surface area contributed by atoms with Crippen LogP contribution in [0.1, 0.15) is 0 Å². The normalized spacial score (nSPS) is 0.250. The molecule has 0 atom stereocenters. The van der Waals surface area contributed by atoms with Gasteiger partial charge >= 0.3 is 0 Å². The fourth-order valence-electron chi connectivity index (χ4n) is 0. The molecule has 0 aliphatic carbocycles. The van der Waals surface area contributed by atoms with Gasteiger partial charge in [-0.25, -0.2) is 0 Å². The Morgan fingerprint density at radius 3 is 0.625 bits per heavy atom. The van der Waals surface area contributed by atoms with Crippen molar-refractivity contribution in [3.63, 3.8) is 0 Å².